The molecule has 0 fully saturated rings. The maximum atomic E-state index is 11.6. The molecular weight excluding hydrogens is 238 g/mol. The van der Waals surface area contributed by atoms with E-state index in [1.165, 1.54) is 16.9 Å². The Hall–Kier alpha value is -1.81. The van der Waals surface area contributed by atoms with Crippen LogP contribution in [0, 0.1) is 6.92 Å². The van der Waals surface area contributed by atoms with Crippen LogP contribution in [0.25, 0.3) is 0 Å². The molecule has 0 atom stereocenters. The lowest BCUT2D eigenvalue weighted by molar-refractivity contribution is 0.640. The smallest absolute Gasteiger partial charge is 0.269 e. The summed E-state index contributed by atoms with van der Waals surface area (Å²) in [6.07, 6.45) is 1.45. The minimum atomic E-state index is -0.235. The quantitative estimate of drug-likeness (QED) is 0.883. The fourth-order valence-electron chi connectivity index (χ4n) is 1.51. The lowest BCUT2D eigenvalue weighted by Crippen LogP contribution is -2.23. The third-order valence-corrected chi connectivity index (χ3v) is 2.77. The SMILES string of the molecule is Cc1ccc(Cn2ncc(N)cc2=O)c(Cl)c1. The van der Waals surface area contributed by atoms with Gasteiger partial charge in [0.25, 0.3) is 5.56 Å². The molecule has 2 rings (SSSR count). The second-order valence-corrected chi connectivity index (χ2v) is 4.29. The monoisotopic (exact) mass is 249 g/mol. The number of rotatable bonds is 2. The molecule has 0 saturated heterocycles. The normalized spacial score (nSPS) is 10.5. The minimum Gasteiger partial charge on any atom is -0.397 e. The van der Waals surface area contributed by atoms with Crippen LogP contribution in [0.5, 0.6) is 0 Å². The molecule has 2 aromatic rings. The van der Waals surface area contributed by atoms with Crippen LogP contribution in [0.2, 0.25) is 5.02 Å². The highest BCUT2D eigenvalue weighted by Crippen LogP contribution is 2.17. The number of nitrogen functional groups attached to an aromatic ring is 1. The summed E-state index contributed by atoms with van der Waals surface area (Å²) in [5, 5.41) is 4.59. The molecule has 2 N–H and O–H groups in total. The van der Waals surface area contributed by atoms with E-state index in [0.717, 1.165) is 11.1 Å². The number of hydrogen-bond acceptors (Lipinski definition) is 3. The molecule has 0 radical (unpaired) electrons. The van der Waals surface area contributed by atoms with E-state index >= 15 is 0 Å². The first-order chi connectivity index (χ1) is 8.06. The molecule has 0 unspecified atom stereocenters. The maximum Gasteiger partial charge on any atom is 0.269 e. The molecule has 0 aliphatic carbocycles. The highest BCUT2D eigenvalue weighted by atomic mass is 35.5. The Morgan fingerprint density at radius 1 is 1.41 bits per heavy atom. The van der Waals surface area contributed by atoms with E-state index in [0.29, 0.717) is 17.3 Å². The summed E-state index contributed by atoms with van der Waals surface area (Å²) < 4.78 is 1.33. The minimum absolute atomic E-state index is 0.235. The van der Waals surface area contributed by atoms with Gasteiger partial charge in [0.1, 0.15) is 0 Å². The molecule has 0 aliphatic rings. The third-order valence-electron chi connectivity index (χ3n) is 2.42. The van der Waals surface area contributed by atoms with Gasteiger partial charge in [-0.2, -0.15) is 5.10 Å². The van der Waals surface area contributed by atoms with Gasteiger partial charge >= 0.3 is 0 Å². The molecule has 5 heteroatoms. The van der Waals surface area contributed by atoms with Crippen molar-refractivity contribution in [1.82, 2.24) is 9.78 Å². The second-order valence-electron chi connectivity index (χ2n) is 3.88. The number of benzene rings is 1. The molecule has 1 heterocycles. The molecule has 17 heavy (non-hydrogen) atoms. The summed E-state index contributed by atoms with van der Waals surface area (Å²) in [5.41, 5.74) is 7.53. The van der Waals surface area contributed by atoms with Gasteiger partial charge in [-0.3, -0.25) is 4.79 Å². The summed E-state index contributed by atoms with van der Waals surface area (Å²) in [7, 11) is 0. The Balaban J connectivity index is 2.35. The van der Waals surface area contributed by atoms with E-state index in [1.807, 2.05) is 25.1 Å². The second kappa shape index (κ2) is 4.59. The van der Waals surface area contributed by atoms with Crippen molar-refractivity contribution in [1.29, 1.82) is 0 Å². The maximum absolute atomic E-state index is 11.6. The Morgan fingerprint density at radius 3 is 2.82 bits per heavy atom. The first-order valence-electron chi connectivity index (χ1n) is 5.14. The summed E-state index contributed by atoms with van der Waals surface area (Å²) in [6.45, 7) is 2.31. The zero-order chi connectivity index (χ0) is 12.4. The van der Waals surface area contributed by atoms with Gasteiger partial charge in [-0.05, 0) is 24.1 Å². The first-order valence-corrected chi connectivity index (χ1v) is 5.52. The fourth-order valence-corrected chi connectivity index (χ4v) is 1.80. The summed E-state index contributed by atoms with van der Waals surface area (Å²) in [6, 6.07) is 7.04. The Bertz CT molecular complexity index is 607. The standard InChI is InChI=1S/C12H12ClN3O/c1-8-2-3-9(11(13)4-8)7-16-12(17)5-10(14)6-15-16/h2-6H,7,14H2,1H3. The molecule has 0 bridgehead atoms. The van der Waals surface area contributed by atoms with E-state index in [4.69, 9.17) is 17.3 Å². The summed E-state index contributed by atoms with van der Waals surface area (Å²) >= 11 is 6.10. The number of nitrogens with zero attached hydrogens (tertiary/aromatic N) is 2. The Kier molecular flexibility index (Phi) is 3.15. The van der Waals surface area contributed by atoms with Crippen LogP contribution >= 0.6 is 11.6 Å². The van der Waals surface area contributed by atoms with Gasteiger partial charge in [0.15, 0.2) is 0 Å². The highest BCUT2D eigenvalue weighted by molar-refractivity contribution is 6.31. The van der Waals surface area contributed by atoms with Gasteiger partial charge in [-0.1, -0.05) is 23.7 Å². The predicted molar refractivity (Wildman–Crippen MR) is 68.2 cm³/mol. The van der Waals surface area contributed by atoms with Crippen LogP contribution < -0.4 is 11.3 Å². The molecule has 0 aliphatic heterocycles. The van der Waals surface area contributed by atoms with Gasteiger partial charge in [-0.15, -0.1) is 0 Å². The number of aromatic nitrogens is 2. The summed E-state index contributed by atoms with van der Waals surface area (Å²) in [4.78, 5) is 11.6. The van der Waals surface area contributed by atoms with Crippen molar-refractivity contribution < 1.29 is 0 Å². The predicted octanol–water partition coefficient (Wildman–Crippen LogP) is 1.84. The highest BCUT2D eigenvalue weighted by Gasteiger charge is 2.04. The van der Waals surface area contributed by atoms with Crippen molar-refractivity contribution in [2.45, 2.75) is 13.5 Å². The molecule has 0 amide bonds. The van der Waals surface area contributed by atoms with Crippen LogP contribution in [-0.4, -0.2) is 9.78 Å². The third kappa shape index (κ3) is 2.65. The Labute approximate surface area is 104 Å². The van der Waals surface area contributed by atoms with E-state index < -0.39 is 0 Å². The average Bonchev–Trinajstić information content (AvgIpc) is 2.25. The van der Waals surface area contributed by atoms with Crippen LogP contribution in [-0.2, 0) is 6.54 Å². The van der Waals surface area contributed by atoms with Crippen LogP contribution in [0.15, 0.2) is 35.3 Å². The van der Waals surface area contributed by atoms with Crippen molar-refractivity contribution >= 4 is 17.3 Å². The van der Waals surface area contributed by atoms with Gasteiger partial charge in [0.05, 0.1) is 18.4 Å². The zero-order valence-electron chi connectivity index (χ0n) is 9.35. The van der Waals surface area contributed by atoms with Crippen molar-refractivity contribution in [3.05, 3.63) is 57.0 Å². The molecule has 1 aromatic carbocycles. The van der Waals surface area contributed by atoms with Crippen molar-refractivity contribution in [2.75, 3.05) is 5.73 Å². The molecule has 0 spiro atoms. The number of halogens is 1. The van der Waals surface area contributed by atoms with E-state index in [9.17, 15) is 4.79 Å². The summed E-state index contributed by atoms with van der Waals surface area (Å²) in [5.74, 6) is 0. The molecular formula is C12H12ClN3O. The van der Waals surface area contributed by atoms with Crippen LogP contribution in [0.4, 0.5) is 5.69 Å². The van der Waals surface area contributed by atoms with E-state index in [-0.39, 0.29) is 5.56 Å². The van der Waals surface area contributed by atoms with Crippen LogP contribution in [0.3, 0.4) is 0 Å². The molecule has 4 nitrogen and oxygen atoms in total. The van der Waals surface area contributed by atoms with E-state index in [1.54, 1.807) is 0 Å². The number of aryl methyl sites for hydroxylation is 1. The lowest BCUT2D eigenvalue weighted by Gasteiger charge is -2.07. The van der Waals surface area contributed by atoms with Crippen LogP contribution in [0.1, 0.15) is 11.1 Å². The van der Waals surface area contributed by atoms with Crippen molar-refractivity contribution in [3.8, 4) is 0 Å². The molecule has 1 aromatic heterocycles. The van der Waals surface area contributed by atoms with Gasteiger partial charge in [-0.25, -0.2) is 4.68 Å². The largest absolute Gasteiger partial charge is 0.397 e. The Morgan fingerprint density at radius 2 is 2.18 bits per heavy atom. The lowest BCUT2D eigenvalue weighted by atomic mass is 10.1. The number of hydrogen-bond donors (Lipinski definition) is 1. The zero-order valence-corrected chi connectivity index (χ0v) is 10.1. The van der Waals surface area contributed by atoms with E-state index in [2.05, 4.69) is 5.10 Å². The van der Waals surface area contributed by atoms with Crippen molar-refractivity contribution in [3.63, 3.8) is 0 Å². The first kappa shape index (κ1) is 11.7. The van der Waals surface area contributed by atoms with Gasteiger partial charge in [0.2, 0.25) is 0 Å². The topological polar surface area (TPSA) is 60.9 Å². The fraction of sp³-hybridized carbons (Fsp3) is 0.167. The number of anilines is 1. The molecule has 88 valence electrons. The molecule has 0 saturated carbocycles. The number of nitrogens with two attached hydrogens (primary N) is 1. The van der Waals surface area contributed by atoms with Gasteiger partial charge in [0, 0.05) is 11.1 Å². The van der Waals surface area contributed by atoms with Crippen molar-refractivity contribution in [2.24, 2.45) is 0 Å². The average molecular weight is 250 g/mol. The van der Waals surface area contributed by atoms with Gasteiger partial charge < -0.3 is 5.73 Å².